The molecule has 0 nitrogen and oxygen atoms in total. The fraction of sp³-hybridized carbons (Fsp3) is 0.586. The summed E-state index contributed by atoms with van der Waals surface area (Å²) in [6.45, 7) is 2.15. The molecule has 0 aliphatic heterocycles. The molecule has 4 unspecified atom stereocenters. The maximum absolute atomic E-state index is 14.1. The average molecular weight is 423 g/mol. The van der Waals surface area contributed by atoms with Crippen molar-refractivity contribution in [2.75, 3.05) is 0 Å². The smallest absolute Gasteiger partial charge is 0.166 e. The van der Waals surface area contributed by atoms with Crippen LogP contribution >= 0.6 is 0 Å². The van der Waals surface area contributed by atoms with Crippen LogP contribution in [0.5, 0.6) is 0 Å². The first-order valence-electron chi connectivity index (χ1n) is 12.6. The van der Waals surface area contributed by atoms with E-state index < -0.39 is 11.6 Å². The Kier molecular flexibility index (Phi) is 6.17. The zero-order valence-corrected chi connectivity index (χ0v) is 18.8. The van der Waals surface area contributed by atoms with E-state index in [-0.39, 0.29) is 0 Å². The van der Waals surface area contributed by atoms with Gasteiger partial charge in [-0.05, 0) is 124 Å². The molecule has 3 aliphatic carbocycles. The summed E-state index contributed by atoms with van der Waals surface area (Å²) in [5.41, 5.74) is 1.32. The van der Waals surface area contributed by atoms with Gasteiger partial charge in [-0.3, -0.25) is 0 Å². The Morgan fingerprint density at radius 3 is 2.19 bits per heavy atom. The Bertz CT molecular complexity index is 937. The summed E-state index contributed by atoms with van der Waals surface area (Å²) in [6.07, 6.45) is 18.5. The fourth-order valence-electron chi connectivity index (χ4n) is 7.28. The fourth-order valence-corrected chi connectivity index (χ4v) is 7.28. The Morgan fingerprint density at radius 2 is 1.42 bits per heavy atom. The van der Waals surface area contributed by atoms with E-state index in [2.05, 4.69) is 25.1 Å². The molecule has 2 aromatic rings. The highest BCUT2D eigenvalue weighted by Gasteiger charge is 2.38. The van der Waals surface area contributed by atoms with Gasteiger partial charge in [0.05, 0.1) is 0 Å². The first kappa shape index (κ1) is 21.2. The van der Waals surface area contributed by atoms with Crippen LogP contribution in [0.1, 0.15) is 82.6 Å². The third-order valence-electron chi connectivity index (χ3n) is 9.00. The molecule has 3 fully saturated rings. The van der Waals surface area contributed by atoms with Gasteiger partial charge in [0.25, 0.3) is 0 Å². The van der Waals surface area contributed by atoms with Gasteiger partial charge in [-0.25, -0.2) is 8.78 Å². The lowest BCUT2D eigenvalue weighted by Crippen LogP contribution is -2.34. The quantitative estimate of drug-likeness (QED) is 0.434. The summed E-state index contributed by atoms with van der Waals surface area (Å²) in [7, 11) is 0. The molecule has 3 aliphatic rings. The van der Waals surface area contributed by atoms with Gasteiger partial charge in [-0.2, -0.15) is 0 Å². The SMILES string of the molecule is C/C=C/C1CCC(C2CCC3CC(c4ccc5c(F)c(F)ccc5c4)CCC3C2)CC1. The van der Waals surface area contributed by atoms with Crippen LogP contribution in [0.2, 0.25) is 0 Å². The Balaban J connectivity index is 1.21. The minimum Gasteiger partial charge on any atom is -0.204 e. The standard InChI is InChI=1S/C29H36F2/c1-2-3-19-4-6-20(7-5-19)21-8-9-23-17-24(11-10-22(23)16-21)25-12-14-27-26(18-25)13-15-28(30)29(27)31/h2-3,12-15,18-24H,4-11,16-17H2,1H3/b3-2+. The molecule has 0 spiro atoms. The molecule has 3 saturated carbocycles. The Morgan fingerprint density at radius 1 is 0.742 bits per heavy atom. The lowest BCUT2D eigenvalue weighted by molar-refractivity contribution is 0.0748. The zero-order valence-electron chi connectivity index (χ0n) is 18.8. The minimum absolute atomic E-state index is 0.405. The molecule has 31 heavy (non-hydrogen) atoms. The molecule has 4 atom stereocenters. The van der Waals surface area contributed by atoms with Crippen LogP contribution in [-0.2, 0) is 0 Å². The summed E-state index contributed by atoms with van der Waals surface area (Å²) in [5, 5.41) is 1.23. The molecule has 166 valence electrons. The maximum atomic E-state index is 14.1. The topological polar surface area (TPSA) is 0 Å². The lowest BCUT2D eigenvalue weighted by atomic mass is 9.60. The van der Waals surface area contributed by atoms with E-state index in [9.17, 15) is 8.78 Å². The van der Waals surface area contributed by atoms with Gasteiger partial charge in [-0.1, -0.05) is 36.4 Å². The van der Waals surface area contributed by atoms with Gasteiger partial charge >= 0.3 is 0 Å². The number of fused-ring (bicyclic) bond motifs is 2. The molecule has 5 rings (SSSR count). The van der Waals surface area contributed by atoms with Crippen molar-refractivity contribution >= 4 is 10.8 Å². The highest BCUT2D eigenvalue weighted by molar-refractivity contribution is 5.84. The van der Waals surface area contributed by atoms with Crippen LogP contribution in [-0.4, -0.2) is 0 Å². The summed E-state index contributed by atoms with van der Waals surface area (Å²) >= 11 is 0. The minimum atomic E-state index is -0.757. The summed E-state index contributed by atoms with van der Waals surface area (Å²) < 4.78 is 27.6. The molecule has 0 N–H and O–H groups in total. The molecule has 0 bridgehead atoms. The second kappa shape index (κ2) is 9.04. The molecule has 0 radical (unpaired) electrons. The zero-order chi connectivity index (χ0) is 21.4. The van der Waals surface area contributed by atoms with Gasteiger partial charge in [0.2, 0.25) is 0 Å². The third-order valence-corrected chi connectivity index (χ3v) is 9.00. The third kappa shape index (κ3) is 4.32. The van der Waals surface area contributed by atoms with Crippen LogP contribution in [0.25, 0.3) is 10.8 Å². The summed E-state index contributed by atoms with van der Waals surface area (Å²) in [5.74, 6) is 3.63. The van der Waals surface area contributed by atoms with Crippen LogP contribution in [0.15, 0.2) is 42.5 Å². The van der Waals surface area contributed by atoms with Crippen molar-refractivity contribution in [1.29, 1.82) is 0 Å². The molecule has 0 aromatic heterocycles. The number of hydrogen-bond acceptors (Lipinski definition) is 0. The molecular formula is C29H36F2. The number of rotatable bonds is 3. The largest absolute Gasteiger partial charge is 0.204 e. The number of benzene rings is 2. The Hall–Kier alpha value is -1.70. The number of halogens is 2. The van der Waals surface area contributed by atoms with E-state index in [1.807, 2.05) is 6.07 Å². The van der Waals surface area contributed by atoms with E-state index >= 15 is 0 Å². The van der Waals surface area contributed by atoms with E-state index in [1.165, 1.54) is 75.8 Å². The van der Waals surface area contributed by atoms with Crippen molar-refractivity contribution in [1.82, 2.24) is 0 Å². The summed E-state index contributed by atoms with van der Waals surface area (Å²) in [6, 6.07) is 8.92. The van der Waals surface area contributed by atoms with E-state index in [0.717, 1.165) is 35.0 Å². The van der Waals surface area contributed by atoms with Crippen molar-refractivity contribution in [2.24, 2.45) is 29.6 Å². The second-order valence-electron chi connectivity index (χ2n) is 10.6. The number of hydrogen-bond donors (Lipinski definition) is 0. The molecule has 2 aromatic carbocycles. The van der Waals surface area contributed by atoms with Gasteiger partial charge < -0.3 is 0 Å². The van der Waals surface area contributed by atoms with Gasteiger partial charge in [-0.15, -0.1) is 0 Å². The predicted molar refractivity (Wildman–Crippen MR) is 125 cm³/mol. The van der Waals surface area contributed by atoms with Gasteiger partial charge in [0.15, 0.2) is 11.6 Å². The van der Waals surface area contributed by atoms with Crippen molar-refractivity contribution in [3.63, 3.8) is 0 Å². The van der Waals surface area contributed by atoms with Crippen LogP contribution in [0.4, 0.5) is 8.78 Å². The van der Waals surface area contributed by atoms with Crippen molar-refractivity contribution in [2.45, 2.75) is 77.0 Å². The molecular weight excluding hydrogens is 386 g/mol. The van der Waals surface area contributed by atoms with Gasteiger partial charge in [0.1, 0.15) is 0 Å². The van der Waals surface area contributed by atoms with Crippen molar-refractivity contribution in [3.8, 4) is 0 Å². The lowest BCUT2D eigenvalue weighted by Gasteiger charge is -2.45. The molecule has 0 heterocycles. The van der Waals surface area contributed by atoms with E-state index in [4.69, 9.17) is 0 Å². The van der Waals surface area contributed by atoms with Crippen molar-refractivity contribution < 1.29 is 8.78 Å². The second-order valence-corrected chi connectivity index (χ2v) is 10.6. The van der Waals surface area contributed by atoms with Crippen molar-refractivity contribution in [3.05, 3.63) is 59.7 Å². The normalized spacial score (nSPS) is 34.2. The first-order valence-corrected chi connectivity index (χ1v) is 12.6. The number of allylic oxidation sites excluding steroid dienone is 2. The van der Waals surface area contributed by atoms with Crippen LogP contribution < -0.4 is 0 Å². The monoisotopic (exact) mass is 422 g/mol. The molecule has 0 saturated heterocycles. The predicted octanol–water partition coefficient (Wildman–Crippen LogP) is 8.80. The van der Waals surface area contributed by atoms with E-state index in [0.29, 0.717) is 11.3 Å². The van der Waals surface area contributed by atoms with E-state index in [1.54, 1.807) is 12.1 Å². The average Bonchev–Trinajstić information content (AvgIpc) is 2.81. The molecule has 0 amide bonds. The highest BCUT2D eigenvalue weighted by atomic mass is 19.2. The first-order chi connectivity index (χ1) is 15.1. The molecule has 2 heteroatoms. The van der Waals surface area contributed by atoms with Crippen LogP contribution in [0.3, 0.4) is 0 Å². The summed E-state index contributed by atoms with van der Waals surface area (Å²) in [4.78, 5) is 0. The maximum Gasteiger partial charge on any atom is 0.166 e. The Labute approximate surface area is 186 Å². The van der Waals surface area contributed by atoms with Crippen LogP contribution in [0, 0.1) is 41.2 Å². The highest BCUT2D eigenvalue weighted by Crippen LogP contribution is 2.51. The van der Waals surface area contributed by atoms with Gasteiger partial charge in [0, 0.05) is 5.39 Å².